The Morgan fingerprint density at radius 3 is 2.81 bits per heavy atom. The summed E-state index contributed by atoms with van der Waals surface area (Å²) >= 11 is 0. The molecule has 0 radical (unpaired) electrons. The van der Waals surface area contributed by atoms with E-state index in [4.69, 9.17) is 9.15 Å². The molecule has 1 N–H and O–H groups in total. The number of methoxy groups -OCH3 is 1. The molecule has 0 saturated carbocycles. The van der Waals surface area contributed by atoms with Crippen LogP contribution in [0, 0.1) is 17.0 Å². The van der Waals surface area contributed by atoms with Crippen molar-refractivity contribution in [2.45, 2.75) is 13.5 Å². The molecular formula is C20H19N3O4. The van der Waals surface area contributed by atoms with Crippen LogP contribution in [0.4, 0.5) is 5.69 Å². The van der Waals surface area contributed by atoms with Gasteiger partial charge in [-0.25, -0.2) is 0 Å². The van der Waals surface area contributed by atoms with Crippen molar-refractivity contribution in [2.75, 3.05) is 7.11 Å². The molecule has 0 fully saturated rings. The Morgan fingerprint density at radius 2 is 2.04 bits per heavy atom. The molecular weight excluding hydrogens is 346 g/mol. The molecule has 7 nitrogen and oxygen atoms in total. The van der Waals surface area contributed by atoms with Crippen LogP contribution in [0.3, 0.4) is 0 Å². The van der Waals surface area contributed by atoms with Gasteiger partial charge in [0.05, 0.1) is 24.8 Å². The van der Waals surface area contributed by atoms with Gasteiger partial charge in [0.15, 0.2) is 0 Å². The monoisotopic (exact) mass is 365 g/mol. The molecule has 1 heterocycles. The average Bonchev–Trinajstić information content (AvgIpc) is 3.14. The summed E-state index contributed by atoms with van der Waals surface area (Å²) in [5.74, 6) is 1.88. The number of rotatable bonds is 7. The molecule has 3 rings (SSSR count). The number of nitrogens with zero attached hydrogens (tertiary/aromatic N) is 2. The maximum atomic E-state index is 11.1. The molecule has 138 valence electrons. The number of nitrogens with one attached hydrogen (secondary N) is 1. The van der Waals surface area contributed by atoms with E-state index in [2.05, 4.69) is 10.5 Å². The van der Waals surface area contributed by atoms with Crippen molar-refractivity contribution >= 4 is 11.9 Å². The fraction of sp³-hybridized carbons (Fsp3) is 0.150. The first-order valence-electron chi connectivity index (χ1n) is 8.31. The van der Waals surface area contributed by atoms with Gasteiger partial charge in [-0.3, -0.25) is 10.1 Å². The highest BCUT2D eigenvalue weighted by Gasteiger charge is 2.13. The number of furan rings is 1. The van der Waals surface area contributed by atoms with Gasteiger partial charge in [0.2, 0.25) is 0 Å². The summed E-state index contributed by atoms with van der Waals surface area (Å²) in [4.78, 5) is 10.7. The van der Waals surface area contributed by atoms with E-state index >= 15 is 0 Å². The van der Waals surface area contributed by atoms with Crippen LogP contribution in [-0.2, 0) is 6.54 Å². The number of hydrogen-bond acceptors (Lipinski definition) is 6. The van der Waals surface area contributed by atoms with Crippen LogP contribution in [0.15, 0.2) is 64.1 Å². The number of benzene rings is 2. The van der Waals surface area contributed by atoms with E-state index in [-0.39, 0.29) is 5.69 Å². The lowest BCUT2D eigenvalue weighted by molar-refractivity contribution is -0.385. The smallest absolute Gasteiger partial charge is 0.273 e. The molecule has 0 bridgehead atoms. The zero-order chi connectivity index (χ0) is 19.2. The number of hydrazone groups is 1. The zero-order valence-electron chi connectivity index (χ0n) is 15.0. The summed E-state index contributed by atoms with van der Waals surface area (Å²) in [6.07, 6.45) is 1.56. The number of aryl methyl sites for hydroxylation is 1. The lowest BCUT2D eigenvalue weighted by Gasteiger charge is -2.06. The molecule has 0 aliphatic rings. The molecule has 2 aromatic carbocycles. The predicted molar refractivity (Wildman–Crippen MR) is 103 cm³/mol. The van der Waals surface area contributed by atoms with Crippen molar-refractivity contribution in [1.29, 1.82) is 0 Å². The van der Waals surface area contributed by atoms with Gasteiger partial charge in [-0.15, -0.1) is 0 Å². The van der Waals surface area contributed by atoms with Crippen molar-refractivity contribution in [3.8, 4) is 17.1 Å². The molecule has 1 aromatic heterocycles. The van der Waals surface area contributed by atoms with Gasteiger partial charge in [-0.1, -0.05) is 30.3 Å². The number of nitro groups is 1. The Kier molecular flexibility index (Phi) is 5.51. The summed E-state index contributed by atoms with van der Waals surface area (Å²) in [6, 6.07) is 16.2. The van der Waals surface area contributed by atoms with E-state index < -0.39 is 4.92 Å². The van der Waals surface area contributed by atoms with E-state index in [1.807, 2.05) is 24.3 Å². The van der Waals surface area contributed by atoms with Crippen molar-refractivity contribution in [3.05, 3.63) is 81.6 Å². The maximum Gasteiger partial charge on any atom is 0.273 e. The minimum Gasteiger partial charge on any atom is -0.496 e. The molecule has 0 saturated heterocycles. The van der Waals surface area contributed by atoms with Gasteiger partial charge < -0.3 is 14.6 Å². The first-order valence-corrected chi connectivity index (χ1v) is 8.31. The van der Waals surface area contributed by atoms with Crippen LogP contribution >= 0.6 is 0 Å². The molecule has 7 heteroatoms. The minimum absolute atomic E-state index is 0.0672. The highest BCUT2D eigenvalue weighted by Crippen LogP contribution is 2.27. The minimum atomic E-state index is -0.397. The lowest BCUT2D eigenvalue weighted by atomic mass is 10.1. The third-order valence-electron chi connectivity index (χ3n) is 4.06. The van der Waals surface area contributed by atoms with Crippen LogP contribution < -0.4 is 10.2 Å². The van der Waals surface area contributed by atoms with Gasteiger partial charge in [-0.05, 0) is 25.1 Å². The zero-order valence-corrected chi connectivity index (χ0v) is 15.0. The molecule has 0 amide bonds. The highest BCUT2D eigenvalue weighted by atomic mass is 16.6. The summed E-state index contributed by atoms with van der Waals surface area (Å²) in [7, 11) is 1.63. The number of ether oxygens (including phenoxy) is 1. The largest absolute Gasteiger partial charge is 0.496 e. The van der Waals surface area contributed by atoms with Crippen LogP contribution in [0.1, 0.15) is 16.9 Å². The number of hydrogen-bond donors (Lipinski definition) is 1. The first kappa shape index (κ1) is 18.2. The second-order valence-corrected chi connectivity index (χ2v) is 5.87. The van der Waals surface area contributed by atoms with Crippen LogP contribution in [0.2, 0.25) is 0 Å². The van der Waals surface area contributed by atoms with E-state index in [1.165, 1.54) is 6.07 Å². The molecule has 0 unspecified atom stereocenters. The summed E-state index contributed by atoms with van der Waals surface area (Å²) < 4.78 is 11.0. The maximum absolute atomic E-state index is 11.1. The van der Waals surface area contributed by atoms with Crippen molar-refractivity contribution in [1.82, 2.24) is 5.43 Å². The van der Waals surface area contributed by atoms with E-state index in [1.54, 1.807) is 44.5 Å². The molecule has 0 spiro atoms. The first-order chi connectivity index (χ1) is 13.1. The van der Waals surface area contributed by atoms with Crippen molar-refractivity contribution in [3.63, 3.8) is 0 Å². The van der Waals surface area contributed by atoms with E-state index in [0.717, 1.165) is 11.3 Å². The van der Waals surface area contributed by atoms with Crippen LogP contribution in [0.25, 0.3) is 11.3 Å². The number of nitro benzene ring substituents is 1. The Morgan fingerprint density at radius 1 is 1.22 bits per heavy atom. The number of para-hydroxylation sites is 1. The van der Waals surface area contributed by atoms with Gasteiger partial charge >= 0.3 is 0 Å². The standard InChI is InChI=1S/C20H19N3O4/c1-14-7-8-15(11-18(14)23(24)25)20-10-9-17(27-20)13-22-21-12-16-5-3-4-6-19(16)26-2/h3-11,13,21H,12H2,1-2H3/b22-13-. The average molecular weight is 365 g/mol. The highest BCUT2D eigenvalue weighted by molar-refractivity contribution is 5.77. The third-order valence-corrected chi connectivity index (χ3v) is 4.06. The van der Waals surface area contributed by atoms with Gasteiger partial charge in [-0.2, -0.15) is 5.10 Å². The predicted octanol–water partition coefficient (Wildman–Crippen LogP) is 4.30. The fourth-order valence-corrected chi connectivity index (χ4v) is 2.63. The van der Waals surface area contributed by atoms with Gasteiger partial charge in [0.1, 0.15) is 17.3 Å². The molecule has 27 heavy (non-hydrogen) atoms. The quantitative estimate of drug-likeness (QED) is 0.383. The second-order valence-electron chi connectivity index (χ2n) is 5.87. The normalized spacial score (nSPS) is 10.9. The van der Waals surface area contributed by atoms with E-state index in [9.17, 15) is 10.1 Å². The Hall–Kier alpha value is -3.61. The molecule has 3 aromatic rings. The summed E-state index contributed by atoms with van der Waals surface area (Å²) in [5, 5.41) is 15.2. The summed E-state index contributed by atoms with van der Waals surface area (Å²) in [5.41, 5.74) is 5.26. The van der Waals surface area contributed by atoms with E-state index in [0.29, 0.717) is 29.2 Å². The molecule has 0 aliphatic carbocycles. The summed E-state index contributed by atoms with van der Waals surface area (Å²) in [6.45, 7) is 2.22. The lowest BCUT2D eigenvalue weighted by Crippen LogP contribution is -2.06. The Balaban J connectivity index is 1.67. The third kappa shape index (κ3) is 4.33. The topological polar surface area (TPSA) is 89.9 Å². The Labute approximate surface area is 156 Å². The Bertz CT molecular complexity index is 979. The second kappa shape index (κ2) is 8.18. The molecule has 0 aliphatic heterocycles. The van der Waals surface area contributed by atoms with Gasteiger partial charge in [0, 0.05) is 22.8 Å². The van der Waals surface area contributed by atoms with Crippen molar-refractivity contribution in [2.24, 2.45) is 5.10 Å². The van der Waals surface area contributed by atoms with Gasteiger partial charge in [0.25, 0.3) is 5.69 Å². The van der Waals surface area contributed by atoms with Crippen LogP contribution in [-0.4, -0.2) is 18.2 Å². The fourth-order valence-electron chi connectivity index (χ4n) is 2.63. The molecule has 0 atom stereocenters. The van der Waals surface area contributed by atoms with Crippen molar-refractivity contribution < 1.29 is 14.1 Å². The SMILES string of the molecule is COc1ccccc1CN/N=C\c1ccc(-c2ccc(C)c([N+](=O)[O-])c2)o1. The van der Waals surface area contributed by atoms with Crippen LogP contribution in [0.5, 0.6) is 5.75 Å².